The van der Waals surface area contributed by atoms with E-state index in [0.717, 1.165) is 43.2 Å². The smallest absolute Gasteiger partial charge is 0.413 e. The molecule has 12 heteroatoms. The molecule has 4 heterocycles. The predicted molar refractivity (Wildman–Crippen MR) is 130 cm³/mol. The summed E-state index contributed by atoms with van der Waals surface area (Å²) in [5.74, 6) is 1.10. The van der Waals surface area contributed by atoms with Gasteiger partial charge in [-0.25, -0.2) is 24.7 Å². The van der Waals surface area contributed by atoms with Crippen LogP contribution in [0.1, 0.15) is 17.4 Å². The molecule has 1 aromatic carbocycles. The van der Waals surface area contributed by atoms with E-state index in [-0.39, 0.29) is 12.6 Å². The summed E-state index contributed by atoms with van der Waals surface area (Å²) in [7, 11) is 2.11. The number of nitrogens with one attached hydrogen (secondary N) is 2. The molecule has 35 heavy (non-hydrogen) atoms. The SMILES string of the molecule is CCOC(=O)Nc1nc2cc(-n3cnc(C=O)c3)cc(-c3cc(N4CCN(C)CC4)ncn3)c2[nH]1. The minimum atomic E-state index is -0.599. The standard InChI is InChI=1S/C23H25N9O3/c1-3-35-23(34)29-22-27-19-9-16(32-11-15(12-33)26-14-32)8-17(21(19)28-22)18-10-20(25-13-24-18)31-6-4-30(2)5-7-31/h8-14H,3-7H2,1-2H3,(H2,27,28,29,34). The molecular formula is C23H25N9O3. The first kappa shape index (κ1) is 22.5. The van der Waals surface area contributed by atoms with E-state index in [9.17, 15) is 9.59 Å². The molecule has 0 unspecified atom stereocenters. The highest BCUT2D eigenvalue weighted by atomic mass is 16.5. The molecule has 180 valence electrons. The van der Waals surface area contributed by atoms with Crippen molar-refractivity contribution >= 4 is 35.2 Å². The van der Waals surface area contributed by atoms with Crippen molar-refractivity contribution in [3.63, 3.8) is 0 Å². The van der Waals surface area contributed by atoms with Crippen LogP contribution in [-0.2, 0) is 4.74 Å². The lowest BCUT2D eigenvalue weighted by molar-refractivity contribution is 0.111. The quantitative estimate of drug-likeness (QED) is 0.403. The summed E-state index contributed by atoms with van der Waals surface area (Å²) in [4.78, 5) is 48.4. The number of nitrogens with zero attached hydrogens (tertiary/aromatic N) is 7. The molecule has 0 aliphatic carbocycles. The van der Waals surface area contributed by atoms with Gasteiger partial charge in [-0.15, -0.1) is 0 Å². The Morgan fingerprint density at radius 3 is 2.74 bits per heavy atom. The van der Waals surface area contributed by atoms with Gasteiger partial charge in [0.25, 0.3) is 0 Å². The molecule has 12 nitrogen and oxygen atoms in total. The number of carbonyl (C=O) groups excluding carboxylic acids is 2. The number of fused-ring (bicyclic) bond motifs is 1. The maximum atomic E-state index is 11.9. The van der Waals surface area contributed by atoms with E-state index in [1.54, 1.807) is 30.3 Å². The highest BCUT2D eigenvalue weighted by molar-refractivity contribution is 5.96. The molecule has 2 N–H and O–H groups in total. The maximum absolute atomic E-state index is 11.9. The first-order valence-electron chi connectivity index (χ1n) is 11.3. The highest BCUT2D eigenvalue weighted by Crippen LogP contribution is 2.31. The van der Waals surface area contributed by atoms with Crippen molar-refractivity contribution in [1.82, 2.24) is 34.4 Å². The number of hydrogen-bond donors (Lipinski definition) is 2. The number of amides is 1. The molecule has 1 saturated heterocycles. The fourth-order valence-corrected chi connectivity index (χ4v) is 4.02. The third-order valence-electron chi connectivity index (χ3n) is 5.85. The number of hydrogen-bond acceptors (Lipinski definition) is 9. The molecule has 0 atom stereocenters. The lowest BCUT2D eigenvalue weighted by Crippen LogP contribution is -2.44. The number of likely N-dealkylation sites (N-methyl/N-ethyl adjacent to an activating group) is 1. The van der Waals surface area contributed by atoms with Gasteiger partial charge < -0.3 is 24.1 Å². The van der Waals surface area contributed by atoms with Crippen LogP contribution in [0.5, 0.6) is 0 Å². The van der Waals surface area contributed by atoms with Gasteiger partial charge in [-0.1, -0.05) is 0 Å². The van der Waals surface area contributed by atoms with E-state index in [1.807, 2.05) is 18.2 Å². The van der Waals surface area contributed by atoms with E-state index in [4.69, 9.17) is 4.74 Å². The van der Waals surface area contributed by atoms with Gasteiger partial charge in [-0.05, 0) is 26.1 Å². The van der Waals surface area contributed by atoms with Gasteiger partial charge in [0.2, 0.25) is 5.95 Å². The van der Waals surface area contributed by atoms with Crippen molar-refractivity contribution in [2.45, 2.75) is 6.92 Å². The molecule has 0 saturated carbocycles. The normalized spacial score (nSPS) is 14.3. The van der Waals surface area contributed by atoms with Gasteiger partial charge in [-0.3, -0.25) is 10.1 Å². The Morgan fingerprint density at radius 1 is 1.17 bits per heavy atom. The lowest BCUT2D eigenvalue weighted by Gasteiger charge is -2.33. The third-order valence-corrected chi connectivity index (χ3v) is 5.85. The van der Waals surface area contributed by atoms with Crippen LogP contribution in [-0.4, -0.2) is 86.6 Å². The van der Waals surface area contributed by atoms with Gasteiger partial charge in [0.15, 0.2) is 6.29 Å². The summed E-state index contributed by atoms with van der Waals surface area (Å²) < 4.78 is 6.71. The minimum Gasteiger partial charge on any atom is -0.450 e. The third kappa shape index (κ3) is 4.68. The number of aromatic nitrogens is 6. The van der Waals surface area contributed by atoms with Crippen molar-refractivity contribution < 1.29 is 14.3 Å². The average molecular weight is 476 g/mol. The molecule has 1 amide bonds. The zero-order valence-electron chi connectivity index (χ0n) is 19.4. The number of H-pyrrole nitrogens is 1. The Balaban J connectivity index is 1.59. The molecule has 1 fully saturated rings. The topological polar surface area (TPSA) is 134 Å². The second-order valence-electron chi connectivity index (χ2n) is 8.19. The molecule has 0 radical (unpaired) electrons. The van der Waals surface area contributed by atoms with Crippen molar-refractivity contribution in [2.75, 3.05) is 50.1 Å². The second-order valence-corrected chi connectivity index (χ2v) is 8.19. The first-order chi connectivity index (χ1) is 17.0. The van der Waals surface area contributed by atoms with Gasteiger partial charge >= 0.3 is 6.09 Å². The van der Waals surface area contributed by atoms with Crippen LogP contribution in [0, 0.1) is 0 Å². The largest absolute Gasteiger partial charge is 0.450 e. The van der Waals surface area contributed by atoms with Gasteiger partial charge in [0, 0.05) is 49.7 Å². The van der Waals surface area contributed by atoms with Crippen LogP contribution in [0.15, 0.2) is 37.1 Å². The summed E-state index contributed by atoms with van der Waals surface area (Å²) in [5.41, 5.74) is 3.81. The number of benzene rings is 1. The average Bonchev–Trinajstić information content (AvgIpc) is 3.51. The van der Waals surface area contributed by atoms with Gasteiger partial charge in [-0.2, -0.15) is 0 Å². The number of piperazine rings is 1. The molecule has 5 rings (SSSR count). The van der Waals surface area contributed by atoms with E-state index < -0.39 is 6.09 Å². The van der Waals surface area contributed by atoms with Crippen molar-refractivity contribution in [3.8, 4) is 16.9 Å². The summed E-state index contributed by atoms with van der Waals surface area (Å²) in [6.45, 7) is 5.66. The molecule has 0 spiro atoms. The Hall–Kier alpha value is -4.32. The fourth-order valence-electron chi connectivity index (χ4n) is 4.02. The molecular weight excluding hydrogens is 450 g/mol. The van der Waals surface area contributed by atoms with E-state index in [2.05, 4.69) is 47.1 Å². The zero-order valence-corrected chi connectivity index (χ0v) is 19.4. The van der Waals surface area contributed by atoms with E-state index in [0.29, 0.717) is 28.7 Å². The van der Waals surface area contributed by atoms with Crippen molar-refractivity contribution in [2.24, 2.45) is 0 Å². The van der Waals surface area contributed by atoms with Crippen LogP contribution < -0.4 is 10.2 Å². The number of ether oxygens (including phenoxy) is 1. The number of imidazole rings is 2. The van der Waals surface area contributed by atoms with Crippen LogP contribution in [0.2, 0.25) is 0 Å². The predicted octanol–water partition coefficient (Wildman–Crippen LogP) is 2.34. The minimum absolute atomic E-state index is 0.247. The molecule has 3 aromatic heterocycles. The number of carbonyl (C=O) groups is 2. The summed E-state index contributed by atoms with van der Waals surface area (Å²) >= 11 is 0. The Bertz CT molecular complexity index is 1370. The lowest BCUT2D eigenvalue weighted by atomic mass is 10.1. The second kappa shape index (κ2) is 9.50. The maximum Gasteiger partial charge on any atom is 0.413 e. The van der Waals surface area contributed by atoms with Gasteiger partial charge in [0.05, 0.1) is 23.3 Å². The molecule has 4 aromatic rings. The number of rotatable bonds is 6. The Morgan fingerprint density at radius 2 is 2.00 bits per heavy atom. The van der Waals surface area contributed by atoms with Crippen LogP contribution >= 0.6 is 0 Å². The zero-order chi connectivity index (χ0) is 24.4. The number of anilines is 2. The Kier molecular flexibility index (Phi) is 6.10. The van der Waals surface area contributed by atoms with E-state index in [1.165, 1.54) is 0 Å². The van der Waals surface area contributed by atoms with E-state index >= 15 is 0 Å². The Labute approximate surface area is 201 Å². The summed E-state index contributed by atoms with van der Waals surface area (Å²) in [5, 5.41) is 2.61. The summed E-state index contributed by atoms with van der Waals surface area (Å²) in [6.07, 6.45) is 4.85. The number of aldehydes is 1. The molecule has 1 aliphatic heterocycles. The van der Waals surface area contributed by atoms with Crippen LogP contribution in [0.4, 0.5) is 16.6 Å². The first-order valence-corrected chi connectivity index (χ1v) is 11.3. The van der Waals surface area contributed by atoms with Crippen molar-refractivity contribution in [3.05, 3.63) is 42.7 Å². The van der Waals surface area contributed by atoms with Crippen molar-refractivity contribution in [1.29, 1.82) is 0 Å². The van der Waals surface area contributed by atoms with Crippen LogP contribution in [0.3, 0.4) is 0 Å². The van der Waals surface area contributed by atoms with Gasteiger partial charge in [0.1, 0.15) is 24.2 Å². The molecule has 0 bridgehead atoms. The monoisotopic (exact) mass is 475 g/mol. The number of aromatic amines is 1. The fraction of sp³-hybridized carbons (Fsp3) is 0.304. The molecule has 1 aliphatic rings. The van der Waals surface area contributed by atoms with Crippen LogP contribution in [0.25, 0.3) is 28.0 Å². The highest BCUT2D eigenvalue weighted by Gasteiger charge is 2.19. The summed E-state index contributed by atoms with van der Waals surface area (Å²) in [6, 6.07) is 5.72.